The number of carbonyl (C=O) groups excluding carboxylic acids is 1. The SMILES string of the molecule is CC(C)(NC(=O)N[C@@H](c1ccc(C(F)(F)F)cc1)c1ncccc1C(F)(F)F)C(=O)O. The van der Waals surface area contributed by atoms with Gasteiger partial charge in [-0.3, -0.25) is 4.98 Å². The number of nitrogens with zero attached hydrogens (tertiary/aromatic N) is 1. The molecular formula is C19H17F6N3O3. The second kappa shape index (κ2) is 8.44. The Kier molecular flexibility index (Phi) is 6.52. The zero-order chi connectivity index (χ0) is 23.6. The van der Waals surface area contributed by atoms with Gasteiger partial charge in [0.15, 0.2) is 0 Å². The minimum absolute atomic E-state index is 0.125. The lowest BCUT2D eigenvalue weighted by Gasteiger charge is -2.26. The van der Waals surface area contributed by atoms with Gasteiger partial charge in [0.25, 0.3) is 0 Å². The molecular weight excluding hydrogens is 432 g/mol. The average Bonchev–Trinajstić information content (AvgIpc) is 2.64. The summed E-state index contributed by atoms with van der Waals surface area (Å²) in [4.78, 5) is 27.2. The maximum Gasteiger partial charge on any atom is 0.418 e. The minimum Gasteiger partial charge on any atom is -0.480 e. The Morgan fingerprint density at radius 3 is 2.03 bits per heavy atom. The molecule has 1 heterocycles. The maximum atomic E-state index is 13.5. The Balaban J connectivity index is 2.52. The first kappa shape index (κ1) is 24.0. The second-order valence-corrected chi connectivity index (χ2v) is 7.02. The summed E-state index contributed by atoms with van der Waals surface area (Å²) < 4.78 is 78.9. The van der Waals surface area contributed by atoms with Gasteiger partial charge in [-0.25, -0.2) is 9.59 Å². The van der Waals surface area contributed by atoms with Crippen LogP contribution in [-0.4, -0.2) is 27.6 Å². The summed E-state index contributed by atoms with van der Waals surface area (Å²) in [6.07, 6.45) is -8.51. The van der Waals surface area contributed by atoms with Crippen molar-refractivity contribution in [3.63, 3.8) is 0 Å². The van der Waals surface area contributed by atoms with Gasteiger partial charge >= 0.3 is 24.4 Å². The number of hydrogen-bond acceptors (Lipinski definition) is 3. The summed E-state index contributed by atoms with van der Waals surface area (Å²) in [5.41, 5.74) is -4.81. The number of amides is 2. The molecule has 0 unspecified atom stereocenters. The number of urea groups is 1. The Labute approximate surface area is 172 Å². The molecule has 3 N–H and O–H groups in total. The smallest absolute Gasteiger partial charge is 0.418 e. The third-order valence-corrected chi connectivity index (χ3v) is 4.22. The monoisotopic (exact) mass is 449 g/mol. The zero-order valence-electron chi connectivity index (χ0n) is 16.1. The molecule has 0 bridgehead atoms. The molecule has 1 aromatic carbocycles. The first-order chi connectivity index (χ1) is 14.1. The first-order valence-electron chi connectivity index (χ1n) is 8.64. The fourth-order valence-corrected chi connectivity index (χ4v) is 2.57. The van der Waals surface area contributed by atoms with Gasteiger partial charge in [-0.15, -0.1) is 0 Å². The number of rotatable bonds is 5. The number of pyridine rings is 1. The highest BCUT2D eigenvalue weighted by Gasteiger charge is 2.38. The maximum absolute atomic E-state index is 13.5. The number of halogens is 6. The molecule has 0 aliphatic carbocycles. The number of hydrogen-bond donors (Lipinski definition) is 3. The number of nitrogens with one attached hydrogen (secondary N) is 2. The highest BCUT2D eigenvalue weighted by molar-refractivity contribution is 5.85. The van der Waals surface area contributed by atoms with E-state index in [2.05, 4.69) is 15.6 Å². The van der Waals surface area contributed by atoms with E-state index in [9.17, 15) is 35.9 Å². The van der Waals surface area contributed by atoms with E-state index in [1.165, 1.54) is 0 Å². The summed E-state index contributed by atoms with van der Waals surface area (Å²) in [5, 5.41) is 13.4. The van der Waals surface area contributed by atoms with Crippen LogP contribution in [0.3, 0.4) is 0 Å². The van der Waals surface area contributed by atoms with Gasteiger partial charge in [0.1, 0.15) is 5.54 Å². The molecule has 6 nitrogen and oxygen atoms in total. The number of aromatic nitrogens is 1. The molecule has 0 fully saturated rings. The van der Waals surface area contributed by atoms with Crippen molar-refractivity contribution in [3.8, 4) is 0 Å². The lowest BCUT2D eigenvalue weighted by Crippen LogP contribution is -2.53. The van der Waals surface area contributed by atoms with Crippen LogP contribution in [0.15, 0.2) is 42.6 Å². The van der Waals surface area contributed by atoms with Crippen molar-refractivity contribution in [2.24, 2.45) is 0 Å². The number of alkyl halides is 6. The molecule has 2 amide bonds. The van der Waals surface area contributed by atoms with Crippen molar-refractivity contribution in [1.29, 1.82) is 0 Å². The van der Waals surface area contributed by atoms with E-state index in [-0.39, 0.29) is 5.56 Å². The van der Waals surface area contributed by atoms with E-state index in [4.69, 9.17) is 5.11 Å². The topological polar surface area (TPSA) is 91.3 Å². The van der Waals surface area contributed by atoms with E-state index in [1.807, 2.05) is 0 Å². The van der Waals surface area contributed by atoms with Crippen molar-refractivity contribution < 1.29 is 41.0 Å². The normalized spacial score (nSPS) is 13.4. The molecule has 31 heavy (non-hydrogen) atoms. The van der Waals surface area contributed by atoms with Gasteiger partial charge in [0.05, 0.1) is 22.9 Å². The van der Waals surface area contributed by atoms with Crippen LogP contribution in [0.25, 0.3) is 0 Å². The predicted molar refractivity (Wildman–Crippen MR) is 95.9 cm³/mol. The van der Waals surface area contributed by atoms with Gasteiger partial charge in [0, 0.05) is 6.20 Å². The quantitative estimate of drug-likeness (QED) is 0.592. The van der Waals surface area contributed by atoms with E-state index in [1.54, 1.807) is 0 Å². The molecule has 0 spiro atoms. The van der Waals surface area contributed by atoms with Crippen molar-refractivity contribution in [3.05, 3.63) is 65.0 Å². The molecule has 0 radical (unpaired) electrons. The van der Waals surface area contributed by atoms with Crippen LogP contribution in [-0.2, 0) is 17.1 Å². The Bertz CT molecular complexity index is 956. The van der Waals surface area contributed by atoms with Crippen molar-refractivity contribution in [1.82, 2.24) is 15.6 Å². The van der Waals surface area contributed by atoms with Gasteiger partial charge in [-0.05, 0) is 43.7 Å². The highest BCUT2D eigenvalue weighted by atomic mass is 19.4. The molecule has 168 valence electrons. The molecule has 2 aromatic rings. The largest absolute Gasteiger partial charge is 0.480 e. The number of aliphatic carboxylic acids is 1. The number of carboxylic acids is 1. The first-order valence-corrected chi connectivity index (χ1v) is 8.64. The van der Waals surface area contributed by atoms with Crippen LogP contribution < -0.4 is 10.6 Å². The van der Waals surface area contributed by atoms with E-state index in [0.29, 0.717) is 18.2 Å². The van der Waals surface area contributed by atoms with Crippen molar-refractivity contribution >= 4 is 12.0 Å². The average molecular weight is 449 g/mol. The van der Waals surface area contributed by atoms with Crippen LogP contribution >= 0.6 is 0 Å². The number of carboxylic acid groups (broad SMARTS) is 1. The Hall–Kier alpha value is -3.31. The third-order valence-electron chi connectivity index (χ3n) is 4.22. The van der Waals surface area contributed by atoms with Gasteiger partial charge in [-0.1, -0.05) is 12.1 Å². The molecule has 2 rings (SSSR count). The minimum atomic E-state index is -4.87. The summed E-state index contributed by atoms with van der Waals surface area (Å²) in [7, 11) is 0. The highest BCUT2D eigenvalue weighted by Crippen LogP contribution is 2.36. The van der Waals surface area contributed by atoms with E-state index < -0.39 is 52.8 Å². The van der Waals surface area contributed by atoms with Crippen LogP contribution in [0.4, 0.5) is 31.1 Å². The van der Waals surface area contributed by atoms with Crippen molar-refractivity contribution in [2.45, 2.75) is 37.8 Å². The van der Waals surface area contributed by atoms with Gasteiger partial charge in [0.2, 0.25) is 0 Å². The Morgan fingerprint density at radius 1 is 0.968 bits per heavy atom. The summed E-state index contributed by atoms with van der Waals surface area (Å²) >= 11 is 0. The molecule has 0 saturated heterocycles. The van der Waals surface area contributed by atoms with Crippen LogP contribution in [0, 0.1) is 0 Å². The van der Waals surface area contributed by atoms with E-state index >= 15 is 0 Å². The zero-order valence-corrected chi connectivity index (χ0v) is 16.1. The number of carbonyl (C=O) groups is 2. The molecule has 12 heteroatoms. The fraction of sp³-hybridized carbons (Fsp3) is 0.316. The van der Waals surface area contributed by atoms with Crippen molar-refractivity contribution in [2.75, 3.05) is 0 Å². The summed E-state index contributed by atoms with van der Waals surface area (Å²) in [6.45, 7) is 2.29. The summed E-state index contributed by atoms with van der Waals surface area (Å²) in [6, 6.07) is 2.07. The molecule has 0 saturated carbocycles. The predicted octanol–water partition coefficient (Wildman–Crippen LogP) is 4.37. The van der Waals surface area contributed by atoms with Gasteiger partial charge < -0.3 is 15.7 Å². The lowest BCUT2D eigenvalue weighted by atomic mass is 9.97. The molecule has 0 aliphatic rings. The molecule has 0 aliphatic heterocycles. The number of benzene rings is 1. The van der Waals surface area contributed by atoms with Crippen LogP contribution in [0.5, 0.6) is 0 Å². The van der Waals surface area contributed by atoms with Crippen LogP contribution in [0.2, 0.25) is 0 Å². The lowest BCUT2D eigenvalue weighted by molar-refractivity contribution is -0.143. The Morgan fingerprint density at radius 2 is 1.55 bits per heavy atom. The second-order valence-electron chi connectivity index (χ2n) is 7.02. The fourth-order valence-electron chi connectivity index (χ4n) is 2.57. The molecule has 1 atom stereocenters. The summed E-state index contributed by atoms with van der Waals surface area (Å²) in [5.74, 6) is -1.41. The van der Waals surface area contributed by atoms with Gasteiger partial charge in [-0.2, -0.15) is 26.3 Å². The van der Waals surface area contributed by atoms with Crippen LogP contribution in [0.1, 0.15) is 42.3 Å². The standard InChI is InChI=1S/C19H17F6N3O3/c1-17(2,15(29)30)28-16(31)27-13(10-5-7-11(8-6-10)18(20,21)22)14-12(19(23,24)25)4-3-9-26-14/h3-9,13H,1-2H3,(H,29,30)(H2,27,28,31)/t13-/m0/s1. The third kappa shape index (κ3) is 5.86. The molecule has 1 aromatic heterocycles. The van der Waals surface area contributed by atoms with E-state index in [0.717, 1.165) is 38.2 Å².